The maximum atomic E-state index is 13.9. The van der Waals surface area contributed by atoms with Crippen molar-refractivity contribution in [1.29, 1.82) is 0 Å². The molecule has 2 heterocycles. The highest BCUT2D eigenvalue weighted by Crippen LogP contribution is 2.51. The van der Waals surface area contributed by atoms with Gasteiger partial charge in [0.15, 0.2) is 11.8 Å². The third-order valence-electron chi connectivity index (χ3n) is 5.66. The smallest absolute Gasteiger partial charge is 0.380 e. The van der Waals surface area contributed by atoms with Crippen molar-refractivity contribution in [2.45, 2.75) is 50.9 Å². The summed E-state index contributed by atoms with van der Waals surface area (Å²) in [5.41, 5.74) is -5.35. The number of aliphatic hydroxyl groups is 2. The normalized spacial score (nSPS) is 25.6. The molecule has 38 heavy (non-hydrogen) atoms. The molecule has 0 saturated carbocycles. The second-order valence-electron chi connectivity index (χ2n) is 9.12. The van der Waals surface area contributed by atoms with Gasteiger partial charge in [-0.3, -0.25) is 23.7 Å². The van der Waals surface area contributed by atoms with Crippen LogP contribution in [0.15, 0.2) is 46.1 Å². The molecule has 0 radical (unpaired) electrons. The lowest BCUT2D eigenvalue weighted by Crippen LogP contribution is -2.51. The van der Waals surface area contributed by atoms with E-state index in [0.29, 0.717) is 10.8 Å². The number of carbonyl (C=O) groups is 1. The van der Waals surface area contributed by atoms with Gasteiger partial charge in [0.05, 0.1) is 31.0 Å². The molecule has 1 aliphatic heterocycles. The standard InChI is InChI=1S/C23H29F2N2O10P/c1-13(2)35-20(30)14(3)11-38(33,37-15-7-5-4-6-8-15)34-10-17-18(28)23(32,12-24)21(36-17)27-9-16(25)19(29)26-22(27)31/h4-9,13-14,17-18,21,28,32H,10-12H2,1-3H3,(H,26,29,31)/t14-,17-,18+,21-,23?,38?/m1/s1. The number of aromatic amines is 1. The molecule has 6 atom stereocenters. The van der Waals surface area contributed by atoms with Crippen LogP contribution in [0.25, 0.3) is 0 Å². The van der Waals surface area contributed by atoms with E-state index in [4.69, 9.17) is 18.5 Å². The third-order valence-corrected chi connectivity index (χ3v) is 7.69. The quantitative estimate of drug-likeness (QED) is 0.270. The number of aliphatic hydroxyl groups excluding tert-OH is 1. The monoisotopic (exact) mass is 562 g/mol. The fourth-order valence-corrected chi connectivity index (χ4v) is 5.62. The molecule has 2 aromatic rings. The summed E-state index contributed by atoms with van der Waals surface area (Å²) in [4.78, 5) is 37.5. The molecular weight excluding hydrogens is 533 g/mol. The van der Waals surface area contributed by atoms with Crippen LogP contribution in [-0.4, -0.2) is 69.1 Å². The Morgan fingerprint density at radius 3 is 2.53 bits per heavy atom. The number of nitrogens with zero attached hydrogens (tertiary/aromatic N) is 1. The molecular formula is C23H29F2N2O10P. The number of esters is 1. The van der Waals surface area contributed by atoms with Gasteiger partial charge in [-0.1, -0.05) is 25.1 Å². The predicted molar refractivity (Wildman–Crippen MR) is 128 cm³/mol. The molecule has 1 aromatic heterocycles. The van der Waals surface area contributed by atoms with E-state index in [0.717, 1.165) is 0 Å². The van der Waals surface area contributed by atoms with Gasteiger partial charge in [0.1, 0.15) is 24.6 Å². The average Bonchev–Trinajstić information content (AvgIpc) is 3.10. The number of benzene rings is 1. The first-order valence-corrected chi connectivity index (χ1v) is 13.3. The molecule has 12 nitrogen and oxygen atoms in total. The lowest BCUT2D eigenvalue weighted by atomic mass is 9.95. The Bertz CT molecular complexity index is 1290. The third kappa shape index (κ3) is 6.56. The molecule has 1 saturated heterocycles. The Morgan fingerprint density at radius 1 is 1.26 bits per heavy atom. The highest BCUT2D eigenvalue weighted by molar-refractivity contribution is 7.54. The van der Waals surface area contributed by atoms with Gasteiger partial charge >= 0.3 is 19.3 Å². The van der Waals surface area contributed by atoms with Crippen LogP contribution in [0, 0.1) is 11.7 Å². The SMILES string of the molecule is CC(C)OC(=O)[C@H](C)CP(=O)(OC[C@H]1O[C@@H](n2cc(F)c(=O)[nH]c2=O)C(O)(CF)[C@H]1O)Oc1ccccc1. The molecule has 3 rings (SSSR count). The number of H-pyrrole nitrogens is 1. The number of aromatic nitrogens is 2. The minimum Gasteiger partial charge on any atom is -0.463 e. The van der Waals surface area contributed by atoms with E-state index in [1.807, 2.05) is 0 Å². The highest BCUT2D eigenvalue weighted by Gasteiger charge is 2.57. The Morgan fingerprint density at radius 2 is 1.92 bits per heavy atom. The Kier molecular flexibility index (Phi) is 9.26. The number of alkyl halides is 1. The summed E-state index contributed by atoms with van der Waals surface area (Å²) >= 11 is 0. The van der Waals surface area contributed by atoms with Crippen molar-refractivity contribution in [3.8, 4) is 5.75 Å². The summed E-state index contributed by atoms with van der Waals surface area (Å²) < 4.78 is 63.5. The van der Waals surface area contributed by atoms with E-state index in [-0.39, 0.29) is 5.75 Å². The molecule has 210 valence electrons. The number of ether oxygens (including phenoxy) is 2. The van der Waals surface area contributed by atoms with Crippen molar-refractivity contribution in [1.82, 2.24) is 9.55 Å². The molecule has 0 aliphatic carbocycles. The first-order valence-electron chi connectivity index (χ1n) is 11.6. The van der Waals surface area contributed by atoms with Crippen LogP contribution >= 0.6 is 7.60 Å². The zero-order valence-corrected chi connectivity index (χ0v) is 21.7. The maximum Gasteiger partial charge on any atom is 0.380 e. The van der Waals surface area contributed by atoms with Gasteiger partial charge < -0.3 is 24.2 Å². The summed E-state index contributed by atoms with van der Waals surface area (Å²) in [6.07, 6.45) is -6.10. The first kappa shape index (κ1) is 29.7. The molecule has 15 heteroatoms. The average molecular weight is 562 g/mol. The lowest BCUT2D eigenvalue weighted by Gasteiger charge is -2.28. The zero-order chi connectivity index (χ0) is 28.3. The van der Waals surface area contributed by atoms with Crippen LogP contribution in [0.2, 0.25) is 0 Å². The van der Waals surface area contributed by atoms with Crippen molar-refractivity contribution in [2.75, 3.05) is 19.4 Å². The van der Waals surface area contributed by atoms with E-state index in [1.165, 1.54) is 19.1 Å². The van der Waals surface area contributed by atoms with Gasteiger partial charge in [0, 0.05) is 0 Å². The van der Waals surface area contributed by atoms with Crippen LogP contribution in [0.3, 0.4) is 0 Å². The highest BCUT2D eigenvalue weighted by atomic mass is 31.2. The Labute approximate surface area is 215 Å². The fraction of sp³-hybridized carbons (Fsp3) is 0.522. The van der Waals surface area contributed by atoms with Crippen molar-refractivity contribution in [3.05, 3.63) is 63.2 Å². The van der Waals surface area contributed by atoms with Gasteiger partial charge in [0.25, 0.3) is 5.56 Å². The number of para-hydroxylation sites is 1. The second kappa shape index (κ2) is 11.9. The summed E-state index contributed by atoms with van der Waals surface area (Å²) in [5, 5.41) is 21.4. The van der Waals surface area contributed by atoms with Gasteiger partial charge in [-0.2, -0.15) is 4.39 Å². The van der Waals surface area contributed by atoms with Gasteiger partial charge in [-0.25, -0.2) is 13.8 Å². The lowest BCUT2D eigenvalue weighted by molar-refractivity contribution is -0.151. The van der Waals surface area contributed by atoms with Crippen LogP contribution in [0.4, 0.5) is 8.78 Å². The van der Waals surface area contributed by atoms with Crippen molar-refractivity contribution < 1.29 is 46.9 Å². The Hall–Kier alpha value is -2.90. The number of nitrogens with one attached hydrogen (secondary N) is 1. The second-order valence-corrected chi connectivity index (χ2v) is 11.1. The number of hydrogen-bond donors (Lipinski definition) is 3. The molecule has 1 aromatic carbocycles. The van der Waals surface area contributed by atoms with Crippen LogP contribution in [0.5, 0.6) is 5.75 Å². The Balaban J connectivity index is 1.85. The molecule has 0 bridgehead atoms. The van der Waals surface area contributed by atoms with E-state index in [2.05, 4.69) is 0 Å². The first-order chi connectivity index (χ1) is 17.8. The number of hydrogen-bond acceptors (Lipinski definition) is 10. The minimum atomic E-state index is -4.18. The van der Waals surface area contributed by atoms with Crippen LogP contribution < -0.4 is 15.8 Å². The molecule has 1 aliphatic rings. The van der Waals surface area contributed by atoms with E-state index >= 15 is 0 Å². The van der Waals surface area contributed by atoms with Gasteiger partial charge in [0.2, 0.25) is 5.82 Å². The maximum absolute atomic E-state index is 13.9. The van der Waals surface area contributed by atoms with Crippen molar-refractivity contribution in [3.63, 3.8) is 0 Å². The molecule has 2 unspecified atom stereocenters. The summed E-state index contributed by atoms with van der Waals surface area (Å²) in [7, 11) is -4.18. The fourth-order valence-electron chi connectivity index (χ4n) is 3.75. The predicted octanol–water partition coefficient (Wildman–Crippen LogP) is 1.51. The largest absolute Gasteiger partial charge is 0.463 e. The molecule has 3 N–H and O–H groups in total. The molecule has 0 spiro atoms. The van der Waals surface area contributed by atoms with Crippen LogP contribution in [-0.2, 0) is 23.4 Å². The van der Waals surface area contributed by atoms with Crippen molar-refractivity contribution in [2.24, 2.45) is 5.92 Å². The van der Waals surface area contributed by atoms with E-state index in [1.54, 1.807) is 37.0 Å². The van der Waals surface area contributed by atoms with Crippen LogP contribution in [0.1, 0.15) is 27.0 Å². The zero-order valence-electron chi connectivity index (χ0n) is 20.8. The van der Waals surface area contributed by atoms with E-state index < -0.39 is 86.1 Å². The number of carbonyl (C=O) groups excluding carboxylic acids is 1. The topological polar surface area (TPSA) is 166 Å². The number of halogens is 2. The van der Waals surface area contributed by atoms with E-state index in [9.17, 15) is 37.9 Å². The minimum absolute atomic E-state index is 0.140. The summed E-state index contributed by atoms with van der Waals surface area (Å²) in [6, 6.07) is 7.87. The molecule has 1 fully saturated rings. The summed E-state index contributed by atoms with van der Waals surface area (Å²) in [6.45, 7) is 2.34. The van der Waals surface area contributed by atoms with Gasteiger partial charge in [-0.05, 0) is 26.0 Å². The summed E-state index contributed by atoms with van der Waals surface area (Å²) in [5.74, 6) is -2.89. The molecule has 0 amide bonds. The van der Waals surface area contributed by atoms with Crippen molar-refractivity contribution >= 4 is 13.6 Å². The number of rotatable bonds is 11. The van der Waals surface area contributed by atoms with Gasteiger partial charge in [-0.15, -0.1) is 0 Å².